The Morgan fingerprint density at radius 3 is 2.58 bits per heavy atom. The average Bonchev–Trinajstić information content (AvgIpc) is 3.31. The van der Waals surface area contributed by atoms with Crippen molar-refractivity contribution in [1.29, 1.82) is 0 Å². The summed E-state index contributed by atoms with van der Waals surface area (Å²) in [6.45, 7) is 2.71. The van der Waals surface area contributed by atoms with Gasteiger partial charge in [0.2, 0.25) is 15.9 Å². The minimum Gasteiger partial charge on any atom is -0.283 e. The fourth-order valence-corrected chi connectivity index (χ4v) is 6.80. The molecule has 0 spiro atoms. The molecule has 1 amide bonds. The standard InChI is InChI=1S/C26H25FN4O3S2/c1-18-4-7-22(8-5-18)36(33,34)30-13-10-20(11-14-30)25(32)31(17-19-3-2-12-28-16-19)26-29-23-9-6-21(27)15-24(23)35-26/h2-9,12,15-16,20H,10-11,13-14,17H2,1H3. The summed E-state index contributed by atoms with van der Waals surface area (Å²) < 4.78 is 42.0. The normalized spacial score (nSPS) is 15.3. The van der Waals surface area contributed by atoms with Crippen LogP contribution >= 0.6 is 11.3 Å². The molecule has 36 heavy (non-hydrogen) atoms. The number of carbonyl (C=O) groups excluding carboxylic acids is 1. The molecule has 10 heteroatoms. The Morgan fingerprint density at radius 1 is 1.14 bits per heavy atom. The van der Waals surface area contributed by atoms with Crippen LogP contribution in [0.25, 0.3) is 10.2 Å². The van der Waals surface area contributed by atoms with Crippen LogP contribution < -0.4 is 4.90 Å². The van der Waals surface area contributed by atoms with Crippen molar-refractivity contribution in [2.24, 2.45) is 5.92 Å². The molecule has 0 bridgehead atoms. The summed E-state index contributed by atoms with van der Waals surface area (Å²) in [5.41, 5.74) is 2.46. The summed E-state index contributed by atoms with van der Waals surface area (Å²) in [5.74, 6) is -0.828. The predicted molar refractivity (Wildman–Crippen MR) is 138 cm³/mol. The summed E-state index contributed by atoms with van der Waals surface area (Å²) >= 11 is 1.26. The molecule has 1 aliphatic heterocycles. The maximum atomic E-state index is 13.8. The Kier molecular flexibility index (Phi) is 6.83. The van der Waals surface area contributed by atoms with E-state index >= 15 is 0 Å². The summed E-state index contributed by atoms with van der Waals surface area (Å²) in [5, 5.41) is 0.485. The molecule has 1 fully saturated rings. The van der Waals surface area contributed by atoms with Gasteiger partial charge in [-0.2, -0.15) is 4.31 Å². The van der Waals surface area contributed by atoms with Crippen LogP contribution in [0.1, 0.15) is 24.0 Å². The summed E-state index contributed by atoms with van der Waals surface area (Å²) in [4.78, 5) is 24.4. The second-order valence-corrected chi connectivity index (χ2v) is 11.8. The Morgan fingerprint density at radius 2 is 1.89 bits per heavy atom. The van der Waals surface area contributed by atoms with Gasteiger partial charge >= 0.3 is 0 Å². The first kappa shape index (κ1) is 24.5. The molecule has 0 radical (unpaired) electrons. The number of piperidine rings is 1. The van der Waals surface area contributed by atoms with Gasteiger partial charge in [-0.25, -0.2) is 17.8 Å². The van der Waals surface area contributed by atoms with Crippen molar-refractivity contribution >= 4 is 42.6 Å². The minimum absolute atomic E-state index is 0.120. The molecule has 0 aliphatic carbocycles. The van der Waals surface area contributed by atoms with Gasteiger partial charge in [-0.3, -0.25) is 14.7 Å². The molecule has 0 N–H and O–H groups in total. The first-order chi connectivity index (χ1) is 17.3. The van der Waals surface area contributed by atoms with Crippen molar-refractivity contribution < 1.29 is 17.6 Å². The smallest absolute Gasteiger partial charge is 0.243 e. The number of benzene rings is 2. The van der Waals surface area contributed by atoms with E-state index < -0.39 is 10.0 Å². The number of thiazole rings is 1. The van der Waals surface area contributed by atoms with E-state index in [1.54, 1.807) is 53.7 Å². The Bertz CT molecular complexity index is 1480. The first-order valence-corrected chi connectivity index (χ1v) is 13.9. The molecule has 5 rings (SSSR count). The molecule has 0 saturated carbocycles. The van der Waals surface area contributed by atoms with Gasteiger partial charge in [-0.05, 0) is 61.7 Å². The van der Waals surface area contributed by atoms with Crippen LogP contribution in [0.4, 0.5) is 9.52 Å². The maximum Gasteiger partial charge on any atom is 0.243 e. The van der Waals surface area contributed by atoms with Gasteiger partial charge in [0.15, 0.2) is 5.13 Å². The largest absolute Gasteiger partial charge is 0.283 e. The summed E-state index contributed by atoms with van der Waals surface area (Å²) in [6.07, 6.45) is 4.18. The van der Waals surface area contributed by atoms with Crippen molar-refractivity contribution in [3.8, 4) is 0 Å². The quantitative estimate of drug-likeness (QED) is 0.363. The van der Waals surface area contributed by atoms with E-state index in [4.69, 9.17) is 0 Å². The highest BCUT2D eigenvalue weighted by atomic mass is 32.2. The van der Waals surface area contributed by atoms with Crippen LogP contribution in [0.15, 0.2) is 71.9 Å². The third-order valence-electron chi connectivity index (χ3n) is 6.36. The van der Waals surface area contributed by atoms with E-state index in [0.717, 1.165) is 11.1 Å². The van der Waals surface area contributed by atoms with E-state index in [1.807, 2.05) is 13.0 Å². The third-order valence-corrected chi connectivity index (χ3v) is 9.32. The molecule has 0 unspecified atom stereocenters. The number of nitrogens with zero attached hydrogens (tertiary/aromatic N) is 4. The number of aryl methyl sites for hydroxylation is 1. The second kappa shape index (κ2) is 10.0. The van der Waals surface area contributed by atoms with Crippen molar-refractivity contribution in [2.75, 3.05) is 18.0 Å². The van der Waals surface area contributed by atoms with Crippen LogP contribution in [0.5, 0.6) is 0 Å². The van der Waals surface area contributed by atoms with Crippen LogP contribution in [-0.4, -0.2) is 41.7 Å². The zero-order chi connectivity index (χ0) is 25.3. The van der Waals surface area contributed by atoms with Crippen LogP contribution in [-0.2, 0) is 21.4 Å². The van der Waals surface area contributed by atoms with Crippen LogP contribution in [0, 0.1) is 18.7 Å². The fraction of sp³-hybridized carbons (Fsp3) is 0.269. The van der Waals surface area contributed by atoms with Crippen molar-refractivity contribution in [1.82, 2.24) is 14.3 Å². The van der Waals surface area contributed by atoms with E-state index in [1.165, 1.54) is 27.8 Å². The molecule has 2 aromatic heterocycles. The number of carbonyl (C=O) groups is 1. The molecule has 186 valence electrons. The van der Waals surface area contributed by atoms with Gasteiger partial charge in [0.1, 0.15) is 5.82 Å². The number of halogens is 1. The van der Waals surface area contributed by atoms with E-state index in [-0.39, 0.29) is 42.2 Å². The lowest BCUT2D eigenvalue weighted by atomic mass is 9.96. The van der Waals surface area contributed by atoms with Gasteiger partial charge in [-0.15, -0.1) is 0 Å². The number of anilines is 1. The average molecular weight is 525 g/mol. The van der Waals surface area contributed by atoms with Crippen molar-refractivity contribution in [3.63, 3.8) is 0 Å². The fourth-order valence-electron chi connectivity index (χ4n) is 4.34. The Balaban J connectivity index is 1.37. The molecular formula is C26H25FN4O3S2. The van der Waals surface area contributed by atoms with Crippen LogP contribution in [0.2, 0.25) is 0 Å². The maximum absolute atomic E-state index is 13.8. The second-order valence-electron chi connectivity index (χ2n) is 8.89. The van der Waals surface area contributed by atoms with Gasteiger partial charge in [-0.1, -0.05) is 35.1 Å². The topological polar surface area (TPSA) is 83.5 Å². The molecule has 2 aromatic carbocycles. The number of sulfonamides is 1. The van der Waals surface area contributed by atoms with E-state index in [9.17, 15) is 17.6 Å². The molecule has 1 saturated heterocycles. The van der Waals surface area contributed by atoms with Gasteiger partial charge < -0.3 is 0 Å². The Hall–Kier alpha value is -3.21. The highest BCUT2D eigenvalue weighted by Gasteiger charge is 2.35. The molecule has 1 aliphatic rings. The number of pyridine rings is 1. The number of amides is 1. The lowest BCUT2D eigenvalue weighted by Gasteiger charge is -2.33. The van der Waals surface area contributed by atoms with Gasteiger partial charge in [0.05, 0.1) is 21.7 Å². The lowest BCUT2D eigenvalue weighted by Crippen LogP contribution is -2.44. The third kappa shape index (κ3) is 5.02. The molecular weight excluding hydrogens is 499 g/mol. The molecule has 3 heterocycles. The van der Waals surface area contributed by atoms with Crippen molar-refractivity contribution in [2.45, 2.75) is 31.2 Å². The SMILES string of the molecule is Cc1ccc(S(=O)(=O)N2CCC(C(=O)N(Cc3cccnc3)c3nc4ccc(F)cc4s3)CC2)cc1. The molecule has 0 atom stereocenters. The van der Waals surface area contributed by atoms with Crippen LogP contribution in [0.3, 0.4) is 0 Å². The van der Waals surface area contributed by atoms with Gasteiger partial charge in [0.25, 0.3) is 0 Å². The minimum atomic E-state index is -3.62. The number of hydrogen-bond donors (Lipinski definition) is 0. The zero-order valence-corrected chi connectivity index (χ0v) is 21.3. The Labute approximate surface area is 213 Å². The zero-order valence-electron chi connectivity index (χ0n) is 19.7. The summed E-state index contributed by atoms with van der Waals surface area (Å²) in [6, 6.07) is 14.9. The highest BCUT2D eigenvalue weighted by molar-refractivity contribution is 7.89. The van der Waals surface area contributed by atoms with Crippen molar-refractivity contribution in [3.05, 3.63) is 83.9 Å². The number of rotatable bonds is 6. The predicted octanol–water partition coefficient (Wildman–Crippen LogP) is 4.77. The summed E-state index contributed by atoms with van der Waals surface area (Å²) in [7, 11) is -3.62. The number of hydrogen-bond acceptors (Lipinski definition) is 6. The molecule has 7 nitrogen and oxygen atoms in total. The first-order valence-electron chi connectivity index (χ1n) is 11.6. The number of fused-ring (bicyclic) bond motifs is 1. The van der Waals surface area contributed by atoms with Gasteiger partial charge in [0, 0.05) is 31.4 Å². The van der Waals surface area contributed by atoms with E-state index in [0.29, 0.717) is 28.2 Å². The highest BCUT2D eigenvalue weighted by Crippen LogP contribution is 2.33. The number of aromatic nitrogens is 2. The van der Waals surface area contributed by atoms with E-state index in [2.05, 4.69) is 9.97 Å². The monoisotopic (exact) mass is 524 g/mol. The molecule has 4 aromatic rings. The lowest BCUT2D eigenvalue weighted by molar-refractivity contribution is -0.123.